The van der Waals surface area contributed by atoms with E-state index in [1.807, 2.05) is 0 Å². The summed E-state index contributed by atoms with van der Waals surface area (Å²) in [5, 5.41) is 3.63. The summed E-state index contributed by atoms with van der Waals surface area (Å²) in [6.45, 7) is 12.4. The summed E-state index contributed by atoms with van der Waals surface area (Å²) in [6.07, 6.45) is 1.17. The van der Waals surface area contributed by atoms with Gasteiger partial charge < -0.3 is 5.32 Å². The molecule has 0 saturated carbocycles. The highest BCUT2D eigenvalue weighted by molar-refractivity contribution is 5.14. The van der Waals surface area contributed by atoms with Crippen LogP contribution in [0.5, 0.6) is 0 Å². The molecule has 1 heteroatoms. The van der Waals surface area contributed by atoms with Crippen molar-refractivity contribution in [2.24, 2.45) is 5.41 Å². The Morgan fingerprint density at radius 2 is 1.50 bits per heavy atom. The normalized spacial score (nSPS) is 12.8. The number of nitrogens with one attached hydrogen (secondary N) is 1. The lowest BCUT2D eigenvalue weighted by atomic mass is 9.82. The fraction of sp³-hybridized carbons (Fsp3) is 0.600. The maximum atomic E-state index is 3.63. The zero-order chi connectivity index (χ0) is 12.2. The van der Waals surface area contributed by atoms with Crippen LogP contribution in [0.25, 0.3) is 0 Å². The van der Waals surface area contributed by atoms with E-state index in [9.17, 15) is 0 Å². The van der Waals surface area contributed by atoms with Crippen molar-refractivity contribution in [1.29, 1.82) is 0 Å². The summed E-state index contributed by atoms with van der Waals surface area (Å²) < 4.78 is 0. The molecule has 1 aromatic carbocycles. The third-order valence-electron chi connectivity index (χ3n) is 2.59. The predicted octanol–water partition coefficient (Wildman–Crippen LogP) is 3.99. The Balaban J connectivity index is 2.48. The van der Waals surface area contributed by atoms with E-state index in [-0.39, 0.29) is 5.54 Å². The molecule has 0 aliphatic carbocycles. The van der Waals surface area contributed by atoms with Crippen LogP contribution in [0.3, 0.4) is 0 Å². The van der Waals surface area contributed by atoms with Crippen molar-refractivity contribution in [3.8, 4) is 0 Å². The first-order valence-electron chi connectivity index (χ1n) is 6.07. The zero-order valence-electron chi connectivity index (χ0n) is 11.3. The lowest BCUT2D eigenvalue weighted by molar-refractivity contribution is 0.241. The van der Waals surface area contributed by atoms with E-state index in [0.29, 0.717) is 5.41 Å². The molecule has 0 saturated heterocycles. The van der Waals surface area contributed by atoms with Crippen LogP contribution in [0.15, 0.2) is 30.3 Å². The summed E-state index contributed by atoms with van der Waals surface area (Å²) in [5.74, 6) is 0. The molecule has 0 radical (unpaired) electrons. The van der Waals surface area contributed by atoms with Crippen LogP contribution in [-0.4, -0.2) is 5.54 Å². The minimum atomic E-state index is 0.189. The van der Waals surface area contributed by atoms with Gasteiger partial charge in [-0.15, -0.1) is 0 Å². The van der Waals surface area contributed by atoms with E-state index in [0.717, 1.165) is 6.54 Å². The van der Waals surface area contributed by atoms with Gasteiger partial charge >= 0.3 is 0 Å². The quantitative estimate of drug-likeness (QED) is 0.807. The molecule has 90 valence electrons. The minimum Gasteiger partial charge on any atom is -0.308 e. The Bertz CT molecular complexity index is 306. The van der Waals surface area contributed by atoms with Gasteiger partial charge in [0.15, 0.2) is 0 Å². The van der Waals surface area contributed by atoms with Crippen molar-refractivity contribution in [3.05, 3.63) is 35.9 Å². The zero-order valence-corrected chi connectivity index (χ0v) is 11.3. The van der Waals surface area contributed by atoms with E-state index >= 15 is 0 Å². The van der Waals surface area contributed by atoms with Gasteiger partial charge in [-0.1, -0.05) is 51.1 Å². The number of rotatable bonds is 4. The number of hydrogen-bond acceptors (Lipinski definition) is 1. The Labute approximate surface area is 100 Å². The molecule has 0 amide bonds. The van der Waals surface area contributed by atoms with Gasteiger partial charge in [0.2, 0.25) is 0 Å². The smallest absolute Gasteiger partial charge is 0.0210 e. The molecule has 0 aliphatic rings. The van der Waals surface area contributed by atoms with Gasteiger partial charge in [0.1, 0.15) is 0 Å². The number of benzene rings is 1. The largest absolute Gasteiger partial charge is 0.308 e. The monoisotopic (exact) mass is 219 g/mol. The van der Waals surface area contributed by atoms with Crippen LogP contribution in [0.1, 0.15) is 46.6 Å². The lowest BCUT2D eigenvalue weighted by Crippen LogP contribution is -2.41. The second-order valence-corrected chi connectivity index (χ2v) is 6.46. The third-order valence-corrected chi connectivity index (χ3v) is 2.59. The molecular weight excluding hydrogens is 194 g/mol. The van der Waals surface area contributed by atoms with Gasteiger partial charge in [-0.3, -0.25) is 0 Å². The highest BCUT2D eigenvalue weighted by Crippen LogP contribution is 2.26. The van der Waals surface area contributed by atoms with Gasteiger partial charge in [-0.2, -0.15) is 0 Å². The second kappa shape index (κ2) is 5.01. The molecule has 0 bridgehead atoms. The van der Waals surface area contributed by atoms with Crippen LogP contribution in [0, 0.1) is 5.41 Å². The highest BCUT2D eigenvalue weighted by Gasteiger charge is 2.24. The fourth-order valence-electron chi connectivity index (χ4n) is 2.33. The SMILES string of the molecule is CC(C)(C)CC(C)(C)NCc1ccccc1. The molecule has 1 rings (SSSR count). The van der Waals surface area contributed by atoms with Gasteiger partial charge in [-0.05, 0) is 31.2 Å². The highest BCUT2D eigenvalue weighted by atomic mass is 14.9. The van der Waals surface area contributed by atoms with Crippen LogP contribution in [0.2, 0.25) is 0 Å². The molecule has 1 aromatic rings. The van der Waals surface area contributed by atoms with Crippen LogP contribution >= 0.6 is 0 Å². The average Bonchev–Trinajstić information content (AvgIpc) is 2.13. The molecule has 0 aliphatic heterocycles. The van der Waals surface area contributed by atoms with Gasteiger partial charge in [0.25, 0.3) is 0 Å². The first-order chi connectivity index (χ1) is 7.29. The van der Waals surface area contributed by atoms with Gasteiger partial charge in [0, 0.05) is 12.1 Å². The van der Waals surface area contributed by atoms with E-state index in [1.165, 1.54) is 12.0 Å². The van der Waals surface area contributed by atoms with Crippen molar-refractivity contribution in [3.63, 3.8) is 0 Å². The molecule has 0 spiro atoms. The van der Waals surface area contributed by atoms with E-state index in [4.69, 9.17) is 0 Å². The first-order valence-corrected chi connectivity index (χ1v) is 6.07. The lowest BCUT2D eigenvalue weighted by Gasteiger charge is -2.33. The van der Waals surface area contributed by atoms with Gasteiger partial charge in [0.05, 0.1) is 0 Å². The van der Waals surface area contributed by atoms with E-state index in [1.54, 1.807) is 0 Å². The molecule has 1 N–H and O–H groups in total. The molecule has 0 heterocycles. The van der Waals surface area contributed by atoms with Crippen molar-refractivity contribution in [1.82, 2.24) is 5.32 Å². The van der Waals surface area contributed by atoms with Crippen LogP contribution < -0.4 is 5.32 Å². The van der Waals surface area contributed by atoms with Crippen LogP contribution in [0.4, 0.5) is 0 Å². The Hall–Kier alpha value is -0.820. The standard InChI is InChI=1S/C15H25N/c1-14(2,3)12-15(4,5)16-11-13-9-7-6-8-10-13/h6-10,16H,11-12H2,1-5H3. The Kier molecular flexibility index (Phi) is 4.15. The fourth-order valence-corrected chi connectivity index (χ4v) is 2.33. The maximum Gasteiger partial charge on any atom is 0.0210 e. The van der Waals surface area contributed by atoms with Crippen molar-refractivity contribution in [2.75, 3.05) is 0 Å². The molecule has 0 atom stereocenters. The molecule has 16 heavy (non-hydrogen) atoms. The third kappa shape index (κ3) is 5.32. The Morgan fingerprint density at radius 1 is 0.938 bits per heavy atom. The molecule has 1 nitrogen and oxygen atoms in total. The maximum absolute atomic E-state index is 3.63. The average molecular weight is 219 g/mol. The summed E-state index contributed by atoms with van der Waals surface area (Å²) in [6, 6.07) is 10.6. The van der Waals surface area contributed by atoms with E-state index < -0.39 is 0 Å². The van der Waals surface area contributed by atoms with Crippen molar-refractivity contribution >= 4 is 0 Å². The van der Waals surface area contributed by atoms with E-state index in [2.05, 4.69) is 70.3 Å². The first kappa shape index (κ1) is 13.2. The Morgan fingerprint density at radius 3 is 2.00 bits per heavy atom. The van der Waals surface area contributed by atoms with Crippen molar-refractivity contribution < 1.29 is 0 Å². The minimum absolute atomic E-state index is 0.189. The molecular formula is C15H25N. The molecule has 0 unspecified atom stereocenters. The van der Waals surface area contributed by atoms with Gasteiger partial charge in [-0.25, -0.2) is 0 Å². The molecule has 0 fully saturated rings. The summed E-state index contributed by atoms with van der Waals surface area (Å²) in [4.78, 5) is 0. The summed E-state index contributed by atoms with van der Waals surface area (Å²) >= 11 is 0. The summed E-state index contributed by atoms with van der Waals surface area (Å²) in [5.41, 5.74) is 1.91. The summed E-state index contributed by atoms with van der Waals surface area (Å²) in [7, 11) is 0. The second-order valence-electron chi connectivity index (χ2n) is 6.46. The van der Waals surface area contributed by atoms with Crippen LogP contribution in [-0.2, 0) is 6.54 Å². The predicted molar refractivity (Wildman–Crippen MR) is 71.4 cm³/mol. The molecule has 0 aromatic heterocycles. The topological polar surface area (TPSA) is 12.0 Å². The van der Waals surface area contributed by atoms with Crippen molar-refractivity contribution in [2.45, 2.75) is 53.1 Å². The number of hydrogen-bond donors (Lipinski definition) is 1.